The fourth-order valence-electron chi connectivity index (χ4n) is 3.60. The quantitative estimate of drug-likeness (QED) is 0.559. The number of nitrogens with one attached hydrogen (secondary N) is 2. The number of likely N-dealkylation sites (N-methyl/N-ethyl adjacent to an activating group) is 1. The van der Waals surface area contributed by atoms with Gasteiger partial charge in [-0.05, 0) is 43.7 Å². The molecule has 2 aromatic carbocycles. The Kier molecular flexibility index (Phi) is 8.81. The van der Waals surface area contributed by atoms with Crippen molar-refractivity contribution in [3.05, 3.63) is 78.1 Å². The first-order valence-corrected chi connectivity index (χ1v) is 11.3. The predicted octanol–water partition coefficient (Wildman–Crippen LogP) is 1.72. The summed E-state index contributed by atoms with van der Waals surface area (Å²) < 4.78 is 5.17. The molecule has 0 saturated carbocycles. The second-order valence-electron chi connectivity index (χ2n) is 8.21. The van der Waals surface area contributed by atoms with Crippen molar-refractivity contribution in [2.75, 3.05) is 27.2 Å². The minimum absolute atomic E-state index is 0.0688. The molecule has 8 nitrogen and oxygen atoms in total. The maximum atomic E-state index is 13.3. The standard InChI is InChI=1S/C26H32N4O4/c1-19(27-2)25(32)28-23(17-21-7-5-4-6-8-21)26(33)30-16-15-29(24(31)18-30)14-13-20-9-11-22(34-3)12-10-20/h4-12,15-16,19,23,27H,13-14,17-18H2,1-3H3,(H,28,32)/t19-,23-/m0/s1. The summed E-state index contributed by atoms with van der Waals surface area (Å²) in [5.74, 6) is 0.0241. The number of nitrogens with zero attached hydrogens (tertiary/aromatic N) is 2. The predicted molar refractivity (Wildman–Crippen MR) is 130 cm³/mol. The van der Waals surface area contributed by atoms with Crippen LogP contribution in [0.1, 0.15) is 18.1 Å². The van der Waals surface area contributed by atoms with Crippen LogP contribution in [0.15, 0.2) is 67.0 Å². The molecule has 8 heteroatoms. The summed E-state index contributed by atoms with van der Waals surface area (Å²) in [7, 11) is 3.31. The van der Waals surface area contributed by atoms with Crippen molar-refractivity contribution in [3.63, 3.8) is 0 Å². The van der Waals surface area contributed by atoms with E-state index in [4.69, 9.17) is 4.74 Å². The highest BCUT2D eigenvalue weighted by Crippen LogP contribution is 2.14. The number of methoxy groups -OCH3 is 1. The Bertz CT molecular complexity index is 1010. The molecule has 0 radical (unpaired) electrons. The van der Waals surface area contributed by atoms with Gasteiger partial charge in [0.1, 0.15) is 18.3 Å². The number of ether oxygens (including phenoxy) is 1. The van der Waals surface area contributed by atoms with Crippen molar-refractivity contribution >= 4 is 17.7 Å². The van der Waals surface area contributed by atoms with E-state index in [1.165, 1.54) is 4.90 Å². The van der Waals surface area contributed by atoms with Gasteiger partial charge in [0.15, 0.2) is 0 Å². The van der Waals surface area contributed by atoms with Gasteiger partial charge in [-0.3, -0.25) is 14.4 Å². The molecule has 3 rings (SSSR count). The highest BCUT2D eigenvalue weighted by molar-refractivity contribution is 5.93. The van der Waals surface area contributed by atoms with Crippen molar-refractivity contribution < 1.29 is 19.1 Å². The van der Waals surface area contributed by atoms with Gasteiger partial charge in [0.2, 0.25) is 17.7 Å². The van der Waals surface area contributed by atoms with Gasteiger partial charge in [-0.1, -0.05) is 42.5 Å². The summed E-state index contributed by atoms with van der Waals surface area (Å²) in [4.78, 5) is 41.5. The second-order valence-corrected chi connectivity index (χ2v) is 8.21. The molecule has 0 aliphatic carbocycles. The zero-order chi connectivity index (χ0) is 24.5. The van der Waals surface area contributed by atoms with Crippen molar-refractivity contribution in [2.45, 2.75) is 31.8 Å². The maximum Gasteiger partial charge on any atom is 0.249 e. The molecule has 0 aromatic heterocycles. The van der Waals surface area contributed by atoms with Crippen LogP contribution < -0.4 is 15.4 Å². The first-order valence-electron chi connectivity index (χ1n) is 11.3. The Hall–Kier alpha value is -3.65. The third kappa shape index (κ3) is 6.68. The van der Waals surface area contributed by atoms with E-state index >= 15 is 0 Å². The number of carbonyl (C=O) groups is 3. The number of benzene rings is 2. The van der Waals surface area contributed by atoms with Crippen LogP contribution >= 0.6 is 0 Å². The summed E-state index contributed by atoms with van der Waals surface area (Å²) in [6.07, 6.45) is 4.26. The summed E-state index contributed by atoms with van der Waals surface area (Å²) in [5, 5.41) is 5.71. The molecule has 0 fully saturated rings. The Balaban J connectivity index is 1.66. The third-order valence-corrected chi connectivity index (χ3v) is 5.86. The van der Waals surface area contributed by atoms with Crippen LogP contribution in [0.5, 0.6) is 5.75 Å². The van der Waals surface area contributed by atoms with Gasteiger partial charge >= 0.3 is 0 Å². The highest BCUT2D eigenvalue weighted by Gasteiger charge is 2.30. The molecule has 2 aromatic rings. The Morgan fingerprint density at radius 2 is 1.74 bits per heavy atom. The summed E-state index contributed by atoms with van der Waals surface area (Å²) in [6.45, 7) is 2.17. The third-order valence-electron chi connectivity index (χ3n) is 5.86. The van der Waals surface area contributed by atoms with Gasteiger partial charge in [-0.15, -0.1) is 0 Å². The molecule has 3 amide bonds. The number of carbonyl (C=O) groups excluding carboxylic acids is 3. The van der Waals surface area contributed by atoms with Gasteiger partial charge in [-0.25, -0.2) is 0 Å². The van der Waals surface area contributed by atoms with Crippen LogP contribution in [0, 0.1) is 0 Å². The van der Waals surface area contributed by atoms with Crippen molar-refractivity contribution in [1.29, 1.82) is 0 Å². The van der Waals surface area contributed by atoms with Crippen molar-refractivity contribution in [3.8, 4) is 5.75 Å². The fraction of sp³-hybridized carbons (Fsp3) is 0.346. The molecule has 1 heterocycles. The molecule has 180 valence electrons. The van der Waals surface area contributed by atoms with Crippen LogP contribution in [0.4, 0.5) is 0 Å². The van der Waals surface area contributed by atoms with Gasteiger partial charge in [-0.2, -0.15) is 0 Å². The SMILES string of the molecule is CN[C@@H](C)C(=O)N[C@@H](Cc1ccccc1)C(=O)N1C=CN(CCc2ccc(OC)cc2)C(=O)C1. The number of hydrogen-bond acceptors (Lipinski definition) is 5. The first kappa shape index (κ1) is 25.0. The molecule has 1 aliphatic rings. The zero-order valence-electron chi connectivity index (χ0n) is 19.9. The molecule has 2 N–H and O–H groups in total. The van der Waals surface area contributed by atoms with Gasteiger partial charge in [0.05, 0.1) is 13.2 Å². The average Bonchev–Trinajstić information content (AvgIpc) is 2.87. The van der Waals surface area contributed by atoms with Gasteiger partial charge in [0.25, 0.3) is 0 Å². The van der Waals surface area contributed by atoms with Crippen LogP contribution in [-0.4, -0.2) is 66.9 Å². The van der Waals surface area contributed by atoms with Crippen molar-refractivity contribution in [1.82, 2.24) is 20.4 Å². The summed E-state index contributed by atoms with van der Waals surface area (Å²) in [6, 6.07) is 16.0. The smallest absolute Gasteiger partial charge is 0.249 e. The molecule has 0 bridgehead atoms. The van der Waals surface area contributed by atoms with Crippen LogP contribution in [0.3, 0.4) is 0 Å². The lowest BCUT2D eigenvalue weighted by Crippen LogP contribution is -2.54. The molecular formula is C26H32N4O4. The number of amides is 3. The topological polar surface area (TPSA) is 91.0 Å². The lowest BCUT2D eigenvalue weighted by atomic mass is 10.0. The molecule has 0 spiro atoms. The van der Waals surface area contributed by atoms with E-state index in [1.54, 1.807) is 38.4 Å². The maximum absolute atomic E-state index is 13.3. The minimum Gasteiger partial charge on any atom is -0.497 e. The van der Waals surface area contributed by atoms with Crippen LogP contribution in [-0.2, 0) is 27.2 Å². The lowest BCUT2D eigenvalue weighted by Gasteiger charge is -2.31. The van der Waals surface area contributed by atoms with E-state index in [0.29, 0.717) is 19.4 Å². The molecule has 34 heavy (non-hydrogen) atoms. The van der Waals surface area contributed by atoms with Gasteiger partial charge in [0, 0.05) is 25.4 Å². The van der Waals surface area contributed by atoms with Crippen LogP contribution in [0.2, 0.25) is 0 Å². The second kappa shape index (κ2) is 12.0. The van der Waals surface area contributed by atoms with E-state index in [2.05, 4.69) is 10.6 Å². The first-order chi connectivity index (χ1) is 16.4. The van der Waals surface area contributed by atoms with E-state index in [1.807, 2.05) is 54.6 Å². The summed E-state index contributed by atoms with van der Waals surface area (Å²) in [5.41, 5.74) is 2.01. The van der Waals surface area contributed by atoms with Crippen LogP contribution in [0.25, 0.3) is 0 Å². The van der Waals surface area contributed by atoms with Gasteiger partial charge < -0.3 is 25.2 Å². The molecule has 2 atom stereocenters. The fourth-order valence-corrected chi connectivity index (χ4v) is 3.60. The molecule has 0 saturated heterocycles. The largest absolute Gasteiger partial charge is 0.497 e. The van der Waals surface area contributed by atoms with E-state index < -0.39 is 12.1 Å². The summed E-state index contributed by atoms with van der Waals surface area (Å²) >= 11 is 0. The lowest BCUT2D eigenvalue weighted by molar-refractivity contribution is -0.140. The minimum atomic E-state index is -0.783. The number of rotatable bonds is 10. The number of hydrogen-bond donors (Lipinski definition) is 2. The molecule has 1 aliphatic heterocycles. The Morgan fingerprint density at radius 3 is 2.35 bits per heavy atom. The molecule has 0 unspecified atom stereocenters. The molecular weight excluding hydrogens is 432 g/mol. The average molecular weight is 465 g/mol. The van der Waals surface area contributed by atoms with E-state index in [-0.39, 0.29) is 24.3 Å². The zero-order valence-corrected chi connectivity index (χ0v) is 19.9. The normalized spacial score (nSPS) is 15.1. The highest BCUT2D eigenvalue weighted by atomic mass is 16.5. The monoisotopic (exact) mass is 464 g/mol. The Labute approximate surface area is 200 Å². The van der Waals surface area contributed by atoms with E-state index in [0.717, 1.165) is 16.9 Å². The van der Waals surface area contributed by atoms with E-state index in [9.17, 15) is 14.4 Å². The Morgan fingerprint density at radius 1 is 1.03 bits per heavy atom. The van der Waals surface area contributed by atoms with Crippen molar-refractivity contribution in [2.24, 2.45) is 0 Å².